The number of halogens is 2. The molecular formula is C30H34Cl2N4O5S. The van der Waals surface area contributed by atoms with Gasteiger partial charge in [-0.2, -0.15) is 0 Å². The van der Waals surface area contributed by atoms with Crippen molar-refractivity contribution in [3.63, 3.8) is 0 Å². The van der Waals surface area contributed by atoms with Gasteiger partial charge in [-0.1, -0.05) is 78.5 Å². The summed E-state index contributed by atoms with van der Waals surface area (Å²) in [6, 6.07) is 10.2. The van der Waals surface area contributed by atoms with Gasteiger partial charge < -0.3 is 15.4 Å². The van der Waals surface area contributed by atoms with Crippen molar-refractivity contribution in [2.45, 2.75) is 56.1 Å². The molecule has 224 valence electrons. The Morgan fingerprint density at radius 3 is 2.60 bits per heavy atom. The lowest BCUT2D eigenvalue weighted by atomic mass is 9.76. The second kappa shape index (κ2) is 14.3. The summed E-state index contributed by atoms with van der Waals surface area (Å²) >= 11 is 13.0. The third-order valence-corrected chi connectivity index (χ3v) is 8.82. The van der Waals surface area contributed by atoms with Crippen molar-refractivity contribution in [3.05, 3.63) is 98.7 Å². The Morgan fingerprint density at radius 2 is 1.86 bits per heavy atom. The van der Waals surface area contributed by atoms with E-state index in [1.54, 1.807) is 70.7 Å². The van der Waals surface area contributed by atoms with Crippen LogP contribution in [0.1, 0.15) is 65.5 Å². The van der Waals surface area contributed by atoms with Crippen LogP contribution in [-0.4, -0.2) is 56.2 Å². The largest absolute Gasteiger partial charge is 0.625 e. The fourth-order valence-corrected chi connectivity index (χ4v) is 7.20. The maximum absolute atomic E-state index is 14.3. The standard InChI is InChI=1S/C30H34Cl2N4O5S/c1-42(40,41)35-25-13-7-8-14-26(25)36-28(23-16-15-20(31)19-24(23)32)27(21-11-5-6-12-22(21)30(36)38)29(37)33-17-9-3-2-4-10-18-34-39/h2-6,10-12,15-16,18-19,25-28,34-35H,7-9,13-14,17H2,1H3,(H-,33,37,39)/b3-2+,10-4-,34-18+/t25-,26-,27+,28-/m0/s1. The third kappa shape index (κ3) is 7.60. The van der Waals surface area contributed by atoms with Crippen LogP contribution in [0.3, 0.4) is 0 Å². The summed E-state index contributed by atoms with van der Waals surface area (Å²) < 4.78 is 27.4. The molecule has 1 aliphatic heterocycles. The van der Waals surface area contributed by atoms with Gasteiger partial charge in [0.25, 0.3) is 5.91 Å². The van der Waals surface area contributed by atoms with Gasteiger partial charge in [0, 0.05) is 40.3 Å². The van der Waals surface area contributed by atoms with E-state index in [4.69, 9.17) is 23.2 Å². The lowest BCUT2D eigenvalue weighted by Crippen LogP contribution is -2.59. The summed E-state index contributed by atoms with van der Waals surface area (Å²) in [5.41, 5.74) is 1.53. The number of allylic oxidation sites excluding steroid dienone is 3. The van der Waals surface area contributed by atoms with Crippen LogP contribution in [-0.2, 0) is 14.8 Å². The molecule has 1 fully saturated rings. The maximum atomic E-state index is 14.3. The minimum absolute atomic E-state index is 0.281. The highest BCUT2D eigenvalue weighted by Crippen LogP contribution is 2.47. The molecule has 4 atom stereocenters. The molecular weight excluding hydrogens is 599 g/mol. The van der Waals surface area contributed by atoms with E-state index < -0.39 is 34.1 Å². The number of amides is 2. The number of rotatable bonds is 10. The fourth-order valence-electron chi connectivity index (χ4n) is 5.85. The van der Waals surface area contributed by atoms with Gasteiger partial charge in [-0.05, 0) is 48.6 Å². The van der Waals surface area contributed by atoms with Crippen LogP contribution in [0, 0.1) is 5.21 Å². The topological polar surface area (TPSA) is 133 Å². The summed E-state index contributed by atoms with van der Waals surface area (Å²) in [7, 11) is -3.57. The van der Waals surface area contributed by atoms with Gasteiger partial charge in [0.05, 0.1) is 18.2 Å². The van der Waals surface area contributed by atoms with Crippen LogP contribution in [0.15, 0.2) is 66.8 Å². The molecule has 1 aliphatic carbocycles. The normalized spacial score (nSPS) is 23.1. The molecule has 1 heterocycles. The third-order valence-electron chi connectivity index (χ3n) is 7.52. The number of nitrogens with zero attached hydrogens (tertiary/aromatic N) is 1. The minimum Gasteiger partial charge on any atom is -0.625 e. The quantitative estimate of drug-likeness (QED) is 0.121. The van der Waals surface area contributed by atoms with E-state index in [1.165, 1.54) is 6.21 Å². The number of carbonyl (C=O) groups is 2. The van der Waals surface area contributed by atoms with Crippen molar-refractivity contribution in [2.24, 2.45) is 0 Å². The SMILES string of the molecule is CS(=O)(=O)N[C@H]1CCCC[C@@H]1N1C(=O)c2ccccc2[C@@H](C(=O)NCC/C=C/C=C\C=[NH+]\[O-])[C@@H]1c1ccc(Cl)cc1Cl. The van der Waals surface area contributed by atoms with Crippen molar-refractivity contribution in [2.75, 3.05) is 12.8 Å². The van der Waals surface area contributed by atoms with Crippen LogP contribution in [0.2, 0.25) is 10.0 Å². The van der Waals surface area contributed by atoms with Crippen molar-refractivity contribution in [3.8, 4) is 0 Å². The van der Waals surface area contributed by atoms with Gasteiger partial charge in [-0.3, -0.25) is 9.59 Å². The number of hydrogen-bond donors (Lipinski definition) is 3. The zero-order valence-corrected chi connectivity index (χ0v) is 25.5. The van der Waals surface area contributed by atoms with E-state index in [9.17, 15) is 23.2 Å². The first-order valence-corrected chi connectivity index (χ1v) is 16.4. The van der Waals surface area contributed by atoms with Crippen LogP contribution >= 0.6 is 23.2 Å². The Bertz CT molecular complexity index is 1490. The Labute approximate surface area is 256 Å². The van der Waals surface area contributed by atoms with E-state index in [0.29, 0.717) is 52.5 Å². The van der Waals surface area contributed by atoms with Crippen LogP contribution in [0.4, 0.5) is 0 Å². The van der Waals surface area contributed by atoms with E-state index in [-0.39, 0.29) is 11.8 Å². The molecule has 0 radical (unpaired) electrons. The van der Waals surface area contributed by atoms with E-state index in [0.717, 1.165) is 19.1 Å². The van der Waals surface area contributed by atoms with Gasteiger partial charge in [0.1, 0.15) is 0 Å². The number of nitrogens with one attached hydrogen (secondary N) is 3. The summed E-state index contributed by atoms with van der Waals surface area (Å²) in [5.74, 6) is -1.39. The summed E-state index contributed by atoms with van der Waals surface area (Å²) in [5, 5.41) is 15.7. The molecule has 2 aromatic rings. The summed E-state index contributed by atoms with van der Waals surface area (Å²) in [6.45, 7) is 0.335. The Kier molecular flexibility index (Phi) is 10.8. The van der Waals surface area contributed by atoms with Crippen molar-refractivity contribution >= 4 is 51.3 Å². The second-order valence-electron chi connectivity index (χ2n) is 10.4. The van der Waals surface area contributed by atoms with Gasteiger partial charge in [0.15, 0.2) is 6.21 Å². The monoisotopic (exact) mass is 632 g/mol. The number of hydrogen-bond acceptors (Lipinski definition) is 5. The predicted molar refractivity (Wildman–Crippen MR) is 165 cm³/mol. The van der Waals surface area contributed by atoms with Crippen molar-refractivity contribution in [1.82, 2.24) is 14.9 Å². The lowest BCUT2D eigenvalue weighted by molar-refractivity contribution is -0.366. The summed E-state index contributed by atoms with van der Waals surface area (Å²) in [6.07, 6.45) is 12.5. The molecule has 0 spiro atoms. The second-order valence-corrected chi connectivity index (χ2v) is 13.0. The average molecular weight is 634 g/mol. The maximum Gasteiger partial charge on any atom is 0.255 e. The molecule has 0 saturated heterocycles. The van der Waals surface area contributed by atoms with E-state index in [2.05, 4.69) is 10.0 Å². The minimum atomic E-state index is -3.57. The number of benzene rings is 2. The van der Waals surface area contributed by atoms with Crippen molar-refractivity contribution < 1.29 is 23.2 Å². The predicted octanol–water partition coefficient (Wildman–Crippen LogP) is 3.40. The molecule has 2 aliphatic rings. The molecule has 3 N–H and O–H groups in total. The average Bonchev–Trinajstić information content (AvgIpc) is 2.94. The highest BCUT2D eigenvalue weighted by Gasteiger charge is 2.49. The Balaban J connectivity index is 1.77. The van der Waals surface area contributed by atoms with Gasteiger partial charge in [0.2, 0.25) is 15.9 Å². The van der Waals surface area contributed by atoms with Gasteiger partial charge in [-0.15, -0.1) is 0 Å². The Hall–Kier alpha value is -3.18. The van der Waals surface area contributed by atoms with Crippen LogP contribution < -0.4 is 15.2 Å². The van der Waals surface area contributed by atoms with E-state index >= 15 is 0 Å². The smallest absolute Gasteiger partial charge is 0.255 e. The zero-order valence-electron chi connectivity index (χ0n) is 23.1. The number of sulfonamides is 1. The first-order valence-electron chi connectivity index (χ1n) is 13.8. The fraction of sp³-hybridized carbons (Fsp3) is 0.367. The molecule has 12 heteroatoms. The zero-order chi connectivity index (χ0) is 30.3. The van der Waals surface area contributed by atoms with Crippen LogP contribution in [0.25, 0.3) is 0 Å². The molecule has 0 bridgehead atoms. The number of carbonyl (C=O) groups excluding carboxylic acids is 2. The molecule has 0 aromatic heterocycles. The molecule has 1 saturated carbocycles. The Morgan fingerprint density at radius 1 is 1.10 bits per heavy atom. The first kappa shape index (κ1) is 31.7. The van der Waals surface area contributed by atoms with Crippen LogP contribution in [0.5, 0.6) is 0 Å². The molecule has 42 heavy (non-hydrogen) atoms. The highest BCUT2D eigenvalue weighted by molar-refractivity contribution is 7.88. The summed E-state index contributed by atoms with van der Waals surface area (Å²) in [4.78, 5) is 30.0. The van der Waals surface area contributed by atoms with Crippen molar-refractivity contribution in [1.29, 1.82) is 0 Å². The highest BCUT2D eigenvalue weighted by atomic mass is 35.5. The molecule has 2 amide bonds. The van der Waals surface area contributed by atoms with E-state index in [1.807, 2.05) is 6.08 Å². The lowest BCUT2D eigenvalue weighted by Gasteiger charge is -2.49. The molecule has 4 rings (SSSR count). The van der Waals surface area contributed by atoms with Gasteiger partial charge in [-0.25, -0.2) is 18.3 Å². The first-order chi connectivity index (χ1) is 20.1. The van der Waals surface area contributed by atoms with Gasteiger partial charge >= 0.3 is 0 Å². The number of fused-ring (bicyclic) bond motifs is 1. The molecule has 0 unspecified atom stereocenters. The molecule has 2 aromatic carbocycles. The molecule has 9 nitrogen and oxygen atoms in total.